The Hall–Kier alpha value is -2.44. The number of benzene rings is 1. The van der Waals surface area contributed by atoms with Gasteiger partial charge in [-0.25, -0.2) is 0 Å². The quantitative estimate of drug-likeness (QED) is 0.606. The smallest absolute Gasteiger partial charge is 0.303 e. The Morgan fingerprint density at radius 3 is 2.55 bits per heavy atom. The first kappa shape index (κ1) is 15.6. The van der Waals surface area contributed by atoms with Gasteiger partial charge < -0.3 is 10.0 Å². The molecule has 0 saturated heterocycles. The molecule has 0 bridgehead atoms. The summed E-state index contributed by atoms with van der Waals surface area (Å²) in [5.41, 5.74) is 0.421. The summed E-state index contributed by atoms with van der Waals surface area (Å²) >= 11 is 0. The zero-order valence-electron chi connectivity index (χ0n) is 11.1. The fourth-order valence-electron chi connectivity index (χ4n) is 1.75. The Bertz CT molecular complexity index is 515. The number of para-hydroxylation sites is 1. The van der Waals surface area contributed by atoms with Gasteiger partial charge in [-0.05, 0) is 6.42 Å². The molecule has 0 fully saturated rings. The fraction of sp³-hybridized carbons (Fsp3) is 0.385. The maximum atomic E-state index is 11.8. The maximum absolute atomic E-state index is 11.8. The molecule has 1 aromatic carbocycles. The van der Waals surface area contributed by atoms with Gasteiger partial charge in [0.15, 0.2) is 0 Å². The van der Waals surface area contributed by atoms with Gasteiger partial charge in [-0.3, -0.25) is 19.7 Å². The predicted molar refractivity (Wildman–Crippen MR) is 71.1 cm³/mol. The number of carboxylic acid groups (broad SMARTS) is 1. The van der Waals surface area contributed by atoms with Gasteiger partial charge >= 0.3 is 5.97 Å². The molecule has 0 aliphatic heterocycles. The van der Waals surface area contributed by atoms with Crippen molar-refractivity contribution < 1.29 is 19.6 Å². The summed E-state index contributed by atoms with van der Waals surface area (Å²) in [6, 6.07) is 6.22. The first-order valence-corrected chi connectivity index (χ1v) is 6.10. The summed E-state index contributed by atoms with van der Waals surface area (Å²) in [4.78, 5) is 33.9. The third-order valence-corrected chi connectivity index (χ3v) is 2.80. The van der Waals surface area contributed by atoms with Crippen molar-refractivity contribution in [3.63, 3.8) is 0 Å². The van der Waals surface area contributed by atoms with Gasteiger partial charge in [0.2, 0.25) is 5.91 Å². The van der Waals surface area contributed by atoms with Crippen LogP contribution in [0.2, 0.25) is 0 Å². The summed E-state index contributed by atoms with van der Waals surface area (Å²) in [7, 11) is 1.54. The van der Waals surface area contributed by atoms with E-state index in [-0.39, 0.29) is 37.4 Å². The Morgan fingerprint density at radius 2 is 1.95 bits per heavy atom. The number of carboxylic acids is 1. The summed E-state index contributed by atoms with van der Waals surface area (Å²) in [6.45, 7) is 0.128. The molecular weight excluding hydrogens is 264 g/mol. The number of hydrogen-bond acceptors (Lipinski definition) is 4. The van der Waals surface area contributed by atoms with Crippen LogP contribution >= 0.6 is 0 Å². The molecule has 20 heavy (non-hydrogen) atoms. The van der Waals surface area contributed by atoms with Crippen LogP contribution in [0.4, 0.5) is 5.69 Å². The van der Waals surface area contributed by atoms with E-state index in [1.807, 2.05) is 0 Å². The Labute approximate surface area is 116 Å². The molecule has 1 rings (SSSR count). The highest BCUT2D eigenvalue weighted by atomic mass is 16.6. The van der Waals surface area contributed by atoms with Gasteiger partial charge in [0.1, 0.15) is 0 Å². The van der Waals surface area contributed by atoms with Gasteiger partial charge in [0.05, 0.1) is 11.5 Å². The molecule has 1 amide bonds. The molecular formula is C13H16N2O5. The lowest BCUT2D eigenvalue weighted by molar-refractivity contribution is -0.385. The molecule has 0 saturated carbocycles. The molecule has 0 unspecified atom stereocenters. The summed E-state index contributed by atoms with van der Waals surface area (Å²) in [5, 5.41) is 19.4. The van der Waals surface area contributed by atoms with E-state index in [1.165, 1.54) is 11.0 Å². The van der Waals surface area contributed by atoms with E-state index in [9.17, 15) is 19.7 Å². The maximum Gasteiger partial charge on any atom is 0.303 e. The van der Waals surface area contributed by atoms with Crippen LogP contribution in [0.1, 0.15) is 24.8 Å². The topological polar surface area (TPSA) is 101 Å². The van der Waals surface area contributed by atoms with Crippen LogP contribution in [0.15, 0.2) is 24.3 Å². The van der Waals surface area contributed by atoms with Crippen LogP contribution in [-0.2, 0) is 16.1 Å². The highest BCUT2D eigenvalue weighted by molar-refractivity contribution is 5.76. The molecule has 7 nitrogen and oxygen atoms in total. The molecule has 1 aromatic rings. The second-order valence-electron chi connectivity index (χ2n) is 4.38. The van der Waals surface area contributed by atoms with E-state index in [0.717, 1.165) is 0 Å². The molecule has 0 heterocycles. The second kappa shape index (κ2) is 7.22. The normalized spacial score (nSPS) is 10.1. The third kappa shape index (κ3) is 4.68. The van der Waals surface area contributed by atoms with Crippen molar-refractivity contribution in [3.05, 3.63) is 39.9 Å². The minimum atomic E-state index is -0.945. The van der Waals surface area contributed by atoms with Gasteiger partial charge in [-0.1, -0.05) is 18.2 Å². The number of carbonyl (C=O) groups is 2. The van der Waals surface area contributed by atoms with E-state index in [0.29, 0.717) is 5.56 Å². The van der Waals surface area contributed by atoms with Crippen molar-refractivity contribution in [2.24, 2.45) is 0 Å². The lowest BCUT2D eigenvalue weighted by Crippen LogP contribution is -2.26. The average molecular weight is 280 g/mol. The van der Waals surface area contributed by atoms with E-state index < -0.39 is 10.9 Å². The van der Waals surface area contributed by atoms with Gasteiger partial charge in [0.25, 0.3) is 5.69 Å². The SMILES string of the molecule is CN(Cc1ccccc1[N+](=O)[O-])C(=O)CCCC(=O)O. The molecule has 7 heteroatoms. The first-order chi connectivity index (χ1) is 9.41. The zero-order valence-corrected chi connectivity index (χ0v) is 11.1. The van der Waals surface area contributed by atoms with E-state index in [4.69, 9.17) is 5.11 Å². The van der Waals surface area contributed by atoms with Gasteiger partial charge in [-0.2, -0.15) is 0 Å². The highest BCUT2D eigenvalue weighted by Gasteiger charge is 2.16. The van der Waals surface area contributed by atoms with Crippen LogP contribution < -0.4 is 0 Å². The molecule has 0 radical (unpaired) electrons. The van der Waals surface area contributed by atoms with Crippen LogP contribution in [0, 0.1) is 10.1 Å². The number of nitro groups is 1. The predicted octanol–water partition coefficient (Wildman–Crippen LogP) is 1.81. The zero-order chi connectivity index (χ0) is 15.1. The fourth-order valence-corrected chi connectivity index (χ4v) is 1.75. The summed E-state index contributed by atoms with van der Waals surface area (Å²) in [6.07, 6.45) is 0.309. The first-order valence-electron chi connectivity index (χ1n) is 6.10. The molecule has 108 valence electrons. The van der Waals surface area contributed by atoms with Crippen LogP contribution in [0.5, 0.6) is 0 Å². The monoisotopic (exact) mass is 280 g/mol. The van der Waals surface area contributed by atoms with E-state index >= 15 is 0 Å². The molecule has 1 N–H and O–H groups in total. The van der Waals surface area contributed by atoms with Crippen molar-refractivity contribution in [1.29, 1.82) is 0 Å². The standard InChI is InChI=1S/C13H16N2O5/c1-14(12(16)7-4-8-13(17)18)9-10-5-2-3-6-11(10)15(19)20/h2-3,5-6H,4,7-9H2,1H3,(H,17,18). The lowest BCUT2D eigenvalue weighted by atomic mass is 10.1. The third-order valence-electron chi connectivity index (χ3n) is 2.80. The number of hydrogen-bond donors (Lipinski definition) is 1. The number of carbonyl (C=O) groups excluding carboxylic acids is 1. The highest BCUT2D eigenvalue weighted by Crippen LogP contribution is 2.19. The largest absolute Gasteiger partial charge is 0.481 e. The van der Waals surface area contributed by atoms with Crippen molar-refractivity contribution in [1.82, 2.24) is 4.90 Å². The molecule has 0 spiro atoms. The molecule has 0 aliphatic carbocycles. The number of aliphatic carboxylic acids is 1. The van der Waals surface area contributed by atoms with Crippen LogP contribution in [0.25, 0.3) is 0 Å². The number of nitrogens with zero attached hydrogens (tertiary/aromatic N) is 2. The Balaban J connectivity index is 2.61. The van der Waals surface area contributed by atoms with Crippen molar-refractivity contribution in [3.8, 4) is 0 Å². The Kier molecular flexibility index (Phi) is 5.64. The number of nitro benzene ring substituents is 1. The van der Waals surface area contributed by atoms with E-state index in [1.54, 1.807) is 25.2 Å². The van der Waals surface area contributed by atoms with Crippen LogP contribution in [-0.4, -0.2) is 33.9 Å². The van der Waals surface area contributed by atoms with Gasteiger partial charge in [-0.15, -0.1) is 0 Å². The van der Waals surface area contributed by atoms with Crippen molar-refractivity contribution >= 4 is 17.6 Å². The number of rotatable bonds is 7. The average Bonchev–Trinajstić information content (AvgIpc) is 2.38. The molecule has 0 aromatic heterocycles. The minimum absolute atomic E-state index is 0.0299. The second-order valence-corrected chi connectivity index (χ2v) is 4.38. The van der Waals surface area contributed by atoms with Crippen molar-refractivity contribution in [2.45, 2.75) is 25.8 Å². The van der Waals surface area contributed by atoms with Crippen LogP contribution in [0.3, 0.4) is 0 Å². The molecule has 0 aliphatic rings. The summed E-state index contributed by atoms with van der Waals surface area (Å²) in [5.74, 6) is -1.18. The lowest BCUT2D eigenvalue weighted by Gasteiger charge is -2.17. The minimum Gasteiger partial charge on any atom is -0.481 e. The van der Waals surface area contributed by atoms with E-state index in [2.05, 4.69) is 0 Å². The van der Waals surface area contributed by atoms with Gasteiger partial charge in [0, 0.05) is 31.5 Å². The Morgan fingerprint density at radius 1 is 1.30 bits per heavy atom. The summed E-state index contributed by atoms with van der Waals surface area (Å²) < 4.78 is 0. The number of amides is 1. The van der Waals surface area contributed by atoms with Crippen molar-refractivity contribution in [2.75, 3.05) is 7.05 Å². The molecule has 0 atom stereocenters.